The van der Waals surface area contributed by atoms with Crippen molar-refractivity contribution in [1.29, 1.82) is 0 Å². The van der Waals surface area contributed by atoms with Gasteiger partial charge < -0.3 is 15.4 Å². The topological polar surface area (TPSA) is 84.5 Å². The van der Waals surface area contributed by atoms with Gasteiger partial charge in [0.05, 0.1) is 0 Å². The first-order valence-electron chi connectivity index (χ1n) is 8.72. The average molecular weight is 368 g/mol. The van der Waals surface area contributed by atoms with Crippen molar-refractivity contribution >= 4 is 23.5 Å². The van der Waals surface area contributed by atoms with Gasteiger partial charge in [0, 0.05) is 11.3 Å². The Morgan fingerprint density at radius 1 is 0.926 bits per heavy atom. The highest BCUT2D eigenvalue weighted by Gasteiger charge is 2.23. The van der Waals surface area contributed by atoms with Gasteiger partial charge in [0.1, 0.15) is 6.04 Å². The summed E-state index contributed by atoms with van der Waals surface area (Å²) in [6.07, 6.45) is -0.990. The molecule has 142 valence electrons. The highest BCUT2D eigenvalue weighted by Crippen LogP contribution is 2.11. The fraction of sp³-hybridized carbons (Fsp3) is 0.286. The first-order chi connectivity index (χ1) is 12.8. The number of benzene rings is 2. The molecule has 2 aromatic carbocycles. The van der Waals surface area contributed by atoms with Gasteiger partial charge >= 0.3 is 5.97 Å². The maximum absolute atomic E-state index is 12.2. The minimum absolute atomic E-state index is 0.375. The SMILES string of the molecule is Cc1cccc(NC(=O)[C@H](C)OC(=O)[C@@H](C)NC(=O)c2cccc(C)c2)c1. The van der Waals surface area contributed by atoms with Crippen molar-refractivity contribution in [2.75, 3.05) is 5.32 Å². The van der Waals surface area contributed by atoms with Crippen molar-refractivity contribution < 1.29 is 19.1 Å². The molecule has 0 spiro atoms. The van der Waals surface area contributed by atoms with Crippen LogP contribution in [0.3, 0.4) is 0 Å². The molecule has 27 heavy (non-hydrogen) atoms. The van der Waals surface area contributed by atoms with Crippen molar-refractivity contribution in [3.05, 3.63) is 65.2 Å². The Hall–Kier alpha value is -3.15. The molecule has 6 nitrogen and oxygen atoms in total. The summed E-state index contributed by atoms with van der Waals surface area (Å²) in [5, 5.41) is 5.28. The van der Waals surface area contributed by atoms with Gasteiger partial charge in [-0.1, -0.05) is 29.8 Å². The van der Waals surface area contributed by atoms with E-state index in [9.17, 15) is 14.4 Å². The van der Waals surface area contributed by atoms with Crippen LogP contribution in [-0.4, -0.2) is 29.9 Å². The number of hydrogen-bond donors (Lipinski definition) is 2. The second kappa shape index (κ2) is 8.98. The maximum atomic E-state index is 12.2. The van der Waals surface area contributed by atoms with Crippen LogP contribution in [0.25, 0.3) is 0 Å². The van der Waals surface area contributed by atoms with Crippen LogP contribution in [0.4, 0.5) is 5.69 Å². The number of carbonyl (C=O) groups is 3. The quantitative estimate of drug-likeness (QED) is 0.768. The van der Waals surface area contributed by atoms with Gasteiger partial charge in [-0.05, 0) is 57.5 Å². The zero-order valence-electron chi connectivity index (χ0n) is 15.9. The Kier molecular flexibility index (Phi) is 6.71. The predicted molar refractivity (Wildman–Crippen MR) is 103 cm³/mol. The fourth-order valence-corrected chi connectivity index (χ4v) is 2.42. The minimum Gasteiger partial charge on any atom is -0.451 e. The fourth-order valence-electron chi connectivity index (χ4n) is 2.42. The van der Waals surface area contributed by atoms with E-state index in [1.165, 1.54) is 13.8 Å². The number of esters is 1. The molecule has 0 radical (unpaired) electrons. The third-order valence-corrected chi connectivity index (χ3v) is 3.93. The lowest BCUT2D eigenvalue weighted by Gasteiger charge is -2.18. The monoisotopic (exact) mass is 368 g/mol. The van der Waals surface area contributed by atoms with Gasteiger partial charge in [-0.15, -0.1) is 0 Å². The third-order valence-electron chi connectivity index (χ3n) is 3.93. The van der Waals surface area contributed by atoms with Gasteiger partial charge in [-0.25, -0.2) is 4.79 Å². The first kappa shape index (κ1) is 20.2. The summed E-state index contributed by atoms with van der Waals surface area (Å²) in [5.74, 6) is -1.49. The van der Waals surface area contributed by atoms with Gasteiger partial charge in [0.15, 0.2) is 6.10 Å². The zero-order valence-corrected chi connectivity index (χ0v) is 15.9. The summed E-state index contributed by atoms with van der Waals surface area (Å²) in [4.78, 5) is 36.6. The number of aryl methyl sites for hydroxylation is 2. The van der Waals surface area contributed by atoms with E-state index in [-0.39, 0.29) is 5.91 Å². The molecule has 2 amide bonds. The van der Waals surface area contributed by atoms with E-state index in [2.05, 4.69) is 10.6 Å². The minimum atomic E-state index is -0.990. The Labute approximate surface area is 158 Å². The molecule has 2 atom stereocenters. The van der Waals surface area contributed by atoms with Crippen molar-refractivity contribution in [2.45, 2.75) is 39.8 Å². The van der Waals surface area contributed by atoms with Crippen LogP contribution < -0.4 is 10.6 Å². The first-order valence-corrected chi connectivity index (χ1v) is 8.72. The highest BCUT2D eigenvalue weighted by molar-refractivity contribution is 5.98. The molecular weight excluding hydrogens is 344 g/mol. The van der Waals surface area contributed by atoms with E-state index in [1.807, 2.05) is 38.1 Å². The number of hydrogen-bond acceptors (Lipinski definition) is 4. The van der Waals surface area contributed by atoms with Gasteiger partial charge in [0.25, 0.3) is 11.8 Å². The lowest BCUT2D eigenvalue weighted by atomic mass is 10.1. The summed E-state index contributed by atoms with van der Waals surface area (Å²) in [6, 6.07) is 13.5. The maximum Gasteiger partial charge on any atom is 0.329 e. The Morgan fingerprint density at radius 2 is 1.56 bits per heavy atom. The third kappa shape index (κ3) is 5.95. The smallest absolute Gasteiger partial charge is 0.329 e. The van der Waals surface area contributed by atoms with Gasteiger partial charge in [0.2, 0.25) is 0 Å². The zero-order chi connectivity index (χ0) is 20.0. The van der Waals surface area contributed by atoms with Crippen LogP contribution in [0.1, 0.15) is 35.3 Å². The lowest BCUT2D eigenvalue weighted by Crippen LogP contribution is -2.42. The average Bonchev–Trinajstić information content (AvgIpc) is 2.61. The normalized spacial score (nSPS) is 12.6. The van der Waals surface area contributed by atoms with E-state index in [0.29, 0.717) is 11.3 Å². The Bertz CT molecular complexity index is 848. The number of rotatable bonds is 6. The van der Waals surface area contributed by atoms with E-state index >= 15 is 0 Å². The molecule has 0 heterocycles. The molecule has 0 aliphatic rings. The van der Waals surface area contributed by atoms with Crippen LogP contribution in [0.5, 0.6) is 0 Å². The van der Waals surface area contributed by atoms with E-state index in [4.69, 9.17) is 4.74 Å². The summed E-state index contributed by atoms with van der Waals surface area (Å²) < 4.78 is 5.17. The number of ether oxygens (including phenoxy) is 1. The molecule has 0 aromatic heterocycles. The molecule has 0 aliphatic heterocycles. The molecule has 0 aliphatic carbocycles. The molecule has 2 aromatic rings. The molecular formula is C21H24N2O4. The van der Waals surface area contributed by atoms with Crippen molar-refractivity contribution in [3.8, 4) is 0 Å². The molecule has 0 bridgehead atoms. The Balaban J connectivity index is 1.89. The molecule has 0 saturated heterocycles. The van der Waals surface area contributed by atoms with Crippen LogP contribution in [0.15, 0.2) is 48.5 Å². The largest absolute Gasteiger partial charge is 0.451 e. The molecule has 0 saturated carbocycles. The van der Waals surface area contributed by atoms with Crippen molar-refractivity contribution in [1.82, 2.24) is 5.32 Å². The van der Waals surface area contributed by atoms with Crippen molar-refractivity contribution in [3.63, 3.8) is 0 Å². The van der Waals surface area contributed by atoms with E-state index < -0.39 is 24.0 Å². The summed E-state index contributed by atoms with van der Waals surface area (Å²) in [7, 11) is 0. The van der Waals surface area contributed by atoms with Crippen molar-refractivity contribution in [2.24, 2.45) is 0 Å². The molecule has 2 N–H and O–H groups in total. The summed E-state index contributed by atoms with van der Waals surface area (Å²) >= 11 is 0. The van der Waals surface area contributed by atoms with Crippen LogP contribution in [0.2, 0.25) is 0 Å². The van der Waals surface area contributed by atoms with E-state index in [0.717, 1.165) is 11.1 Å². The Morgan fingerprint density at radius 3 is 2.19 bits per heavy atom. The van der Waals surface area contributed by atoms with Crippen LogP contribution >= 0.6 is 0 Å². The highest BCUT2D eigenvalue weighted by atomic mass is 16.5. The predicted octanol–water partition coefficient (Wildman–Crippen LogP) is 2.99. The molecule has 0 unspecified atom stereocenters. The summed E-state index contributed by atoms with van der Waals surface area (Å²) in [6.45, 7) is 6.79. The lowest BCUT2D eigenvalue weighted by molar-refractivity contribution is -0.154. The standard InChI is InChI=1S/C21H24N2O4/c1-13-7-5-9-17(11-13)20(25)22-15(3)21(26)27-16(4)19(24)23-18-10-6-8-14(2)12-18/h5-12,15-16H,1-4H3,(H,22,25)(H,23,24)/t15-,16+/m1/s1. The number of nitrogens with one attached hydrogen (secondary N) is 2. The molecule has 0 fully saturated rings. The van der Waals surface area contributed by atoms with Crippen LogP contribution in [0, 0.1) is 13.8 Å². The number of carbonyl (C=O) groups excluding carboxylic acids is 3. The second-order valence-corrected chi connectivity index (χ2v) is 6.50. The number of amides is 2. The van der Waals surface area contributed by atoms with E-state index in [1.54, 1.807) is 24.3 Å². The van der Waals surface area contributed by atoms with Gasteiger partial charge in [-0.2, -0.15) is 0 Å². The van der Waals surface area contributed by atoms with Crippen LogP contribution in [-0.2, 0) is 14.3 Å². The van der Waals surface area contributed by atoms with Gasteiger partial charge in [-0.3, -0.25) is 9.59 Å². The molecule has 2 rings (SSSR count). The molecule has 6 heteroatoms. The summed E-state index contributed by atoms with van der Waals surface area (Å²) in [5.41, 5.74) is 3.04. The number of anilines is 1. The second-order valence-electron chi connectivity index (χ2n) is 6.50.